The molecule has 0 fully saturated rings. The van der Waals surface area contributed by atoms with Crippen LogP contribution in [0.25, 0.3) is 0 Å². The smallest absolute Gasteiger partial charge is 0.224 e. The maximum absolute atomic E-state index is 12.1. The molecule has 0 saturated heterocycles. The number of carbonyl (C=O) groups excluding carboxylic acids is 2. The van der Waals surface area contributed by atoms with E-state index in [0.29, 0.717) is 25.9 Å². The molecule has 122 valence electrons. The number of hydrogen-bond donors (Lipinski definition) is 1. The second-order valence-electron chi connectivity index (χ2n) is 5.54. The predicted octanol–water partition coefficient (Wildman–Crippen LogP) is 2.76. The third kappa shape index (κ3) is 5.53. The summed E-state index contributed by atoms with van der Waals surface area (Å²) < 4.78 is 0. The van der Waals surface area contributed by atoms with Crippen LogP contribution >= 0.6 is 11.3 Å². The van der Waals surface area contributed by atoms with Crippen LogP contribution in [-0.2, 0) is 22.6 Å². The van der Waals surface area contributed by atoms with E-state index >= 15 is 0 Å². The van der Waals surface area contributed by atoms with Crippen molar-refractivity contribution in [2.24, 2.45) is 0 Å². The molecule has 0 aliphatic carbocycles. The van der Waals surface area contributed by atoms with Gasteiger partial charge in [-0.1, -0.05) is 30.3 Å². The average molecular weight is 330 g/mol. The van der Waals surface area contributed by atoms with Crippen molar-refractivity contribution in [1.82, 2.24) is 10.2 Å². The minimum atomic E-state index is -0.0549. The highest BCUT2D eigenvalue weighted by Gasteiger charge is 2.12. The Kier molecular flexibility index (Phi) is 6.35. The molecule has 2 rings (SSSR count). The van der Waals surface area contributed by atoms with Gasteiger partial charge in [-0.05, 0) is 29.5 Å². The fourth-order valence-electron chi connectivity index (χ4n) is 2.21. The lowest BCUT2D eigenvalue weighted by Crippen LogP contribution is -2.32. The van der Waals surface area contributed by atoms with E-state index < -0.39 is 0 Å². The molecule has 0 spiro atoms. The molecule has 0 bridgehead atoms. The zero-order valence-electron chi connectivity index (χ0n) is 13.5. The summed E-state index contributed by atoms with van der Waals surface area (Å²) in [7, 11) is 1.80. The van der Waals surface area contributed by atoms with Crippen LogP contribution in [0.2, 0.25) is 0 Å². The van der Waals surface area contributed by atoms with Gasteiger partial charge in [0.2, 0.25) is 11.8 Å². The SMILES string of the molecule is Cc1ccsc1CN(C)C(=O)CCNC(=O)Cc1ccccc1. The molecule has 4 nitrogen and oxygen atoms in total. The Morgan fingerprint density at radius 2 is 1.91 bits per heavy atom. The summed E-state index contributed by atoms with van der Waals surface area (Å²) in [5.74, 6) is -0.0152. The van der Waals surface area contributed by atoms with Gasteiger partial charge in [-0.2, -0.15) is 0 Å². The van der Waals surface area contributed by atoms with Crippen molar-refractivity contribution >= 4 is 23.2 Å². The van der Waals surface area contributed by atoms with E-state index in [9.17, 15) is 9.59 Å². The molecule has 0 aliphatic heterocycles. The van der Waals surface area contributed by atoms with Crippen LogP contribution in [0, 0.1) is 6.92 Å². The van der Waals surface area contributed by atoms with Gasteiger partial charge in [0.15, 0.2) is 0 Å². The molecule has 0 saturated carbocycles. The number of amides is 2. The Bertz CT molecular complexity index is 652. The first-order chi connectivity index (χ1) is 11.1. The van der Waals surface area contributed by atoms with Gasteiger partial charge in [0, 0.05) is 24.9 Å². The van der Waals surface area contributed by atoms with Crippen LogP contribution in [0.3, 0.4) is 0 Å². The van der Waals surface area contributed by atoms with E-state index in [1.54, 1.807) is 23.3 Å². The molecule has 2 aromatic rings. The Balaban J connectivity index is 1.70. The van der Waals surface area contributed by atoms with Crippen molar-refractivity contribution < 1.29 is 9.59 Å². The number of nitrogens with one attached hydrogen (secondary N) is 1. The van der Waals surface area contributed by atoms with E-state index in [4.69, 9.17) is 0 Å². The number of nitrogens with zero attached hydrogens (tertiary/aromatic N) is 1. The van der Waals surface area contributed by atoms with Crippen molar-refractivity contribution in [2.75, 3.05) is 13.6 Å². The third-order valence-electron chi connectivity index (χ3n) is 3.64. The molecule has 1 aromatic carbocycles. The molecule has 1 heterocycles. The summed E-state index contributed by atoms with van der Waals surface area (Å²) in [5.41, 5.74) is 2.19. The molecule has 0 aliphatic rings. The van der Waals surface area contributed by atoms with Crippen LogP contribution in [0.5, 0.6) is 0 Å². The third-order valence-corrected chi connectivity index (χ3v) is 4.65. The average Bonchev–Trinajstić information content (AvgIpc) is 2.93. The summed E-state index contributed by atoms with van der Waals surface area (Å²) in [6.45, 7) is 3.05. The Labute approximate surface area is 141 Å². The van der Waals surface area contributed by atoms with E-state index in [-0.39, 0.29) is 11.8 Å². The molecule has 2 amide bonds. The van der Waals surface area contributed by atoms with Crippen molar-refractivity contribution in [3.63, 3.8) is 0 Å². The number of rotatable bonds is 7. The number of carbonyl (C=O) groups is 2. The number of aryl methyl sites for hydroxylation is 1. The fourth-order valence-corrected chi connectivity index (χ4v) is 3.17. The molecule has 5 heteroatoms. The number of benzene rings is 1. The van der Waals surface area contributed by atoms with Gasteiger partial charge in [0.25, 0.3) is 0 Å². The first kappa shape index (κ1) is 17.2. The summed E-state index contributed by atoms with van der Waals surface area (Å²) in [6.07, 6.45) is 0.667. The van der Waals surface area contributed by atoms with Gasteiger partial charge < -0.3 is 10.2 Å². The Hall–Kier alpha value is -2.14. The quantitative estimate of drug-likeness (QED) is 0.849. The van der Waals surface area contributed by atoms with Crippen molar-refractivity contribution in [1.29, 1.82) is 0 Å². The van der Waals surface area contributed by atoms with E-state index in [1.165, 1.54) is 10.4 Å². The van der Waals surface area contributed by atoms with E-state index in [1.807, 2.05) is 42.6 Å². The fraction of sp³-hybridized carbons (Fsp3) is 0.333. The molecule has 1 N–H and O–H groups in total. The number of thiophene rings is 1. The maximum Gasteiger partial charge on any atom is 0.224 e. The highest BCUT2D eigenvalue weighted by atomic mass is 32.1. The van der Waals surface area contributed by atoms with Gasteiger partial charge >= 0.3 is 0 Å². The maximum atomic E-state index is 12.1. The lowest BCUT2D eigenvalue weighted by Gasteiger charge is -2.17. The van der Waals surface area contributed by atoms with Crippen LogP contribution in [0.15, 0.2) is 41.8 Å². The molecule has 1 aromatic heterocycles. The van der Waals surface area contributed by atoms with E-state index in [2.05, 4.69) is 11.4 Å². The Morgan fingerprint density at radius 1 is 1.17 bits per heavy atom. The van der Waals surface area contributed by atoms with Crippen molar-refractivity contribution in [3.8, 4) is 0 Å². The minimum absolute atomic E-state index is 0.0396. The molecule has 0 atom stereocenters. The standard InChI is InChI=1S/C18H22N2O2S/c1-14-9-11-23-16(14)13-20(2)18(22)8-10-19-17(21)12-15-6-4-3-5-7-15/h3-7,9,11H,8,10,12-13H2,1-2H3,(H,19,21). The molecular weight excluding hydrogens is 308 g/mol. The lowest BCUT2D eigenvalue weighted by atomic mass is 10.1. The molecular formula is C18H22N2O2S. The van der Waals surface area contributed by atoms with Gasteiger partial charge in [-0.3, -0.25) is 9.59 Å². The number of hydrogen-bond acceptors (Lipinski definition) is 3. The lowest BCUT2D eigenvalue weighted by molar-refractivity contribution is -0.130. The zero-order chi connectivity index (χ0) is 16.7. The van der Waals surface area contributed by atoms with Gasteiger partial charge in [-0.15, -0.1) is 11.3 Å². The second kappa shape index (κ2) is 8.48. The Morgan fingerprint density at radius 3 is 2.57 bits per heavy atom. The highest BCUT2D eigenvalue weighted by Crippen LogP contribution is 2.17. The van der Waals surface area contributed by atoms with Crippen LogP contribution in [0.1, 0.15) is 22.4 Å². The first-order valence-electron chi connectivity index (χ1n) is 7.64. The summed E-state index contributed by atoms with van der Waals surface area (Å²) >= 11 is 1.66. The first-order valence-corrected chi connectivity index (χ1v) is 8.52. The van der Waals surface area contributed by atoms with Crippen LogP contribution in [0.4, 0.5) is 0 Å². The summed E-state index contributed by atoms with van der Waals surface area (Å²) in [6, 6.07) is 11.6. The van der Waals surface area contributed by atoms with Crippen molar-refractivity contribution in [2.45, 2.75) is 26.3 Å². The minimum Gasteiger partial charge on any atom is -0.355 e. The predicted molar refractivity (Wildman–Crippen MR) is 93.3 cm³/mol. The topological polar surface area (TPSA) is 49.4 Å². The van der Waals surface area contributed by atoms with Gasteiger partial charge in [0.05, 0.1) is 13.0 Å². The van der Waals surface area contributed by atoms with E-state index in [0.717, 1.165) is 5.56 Å². The monoisotopic (exact) mass is 330 g/mol. The molecule has 0 unspecified atom stereocenters. The molecule has 23 heavy (non-hydrogen) atoms. The van der Waals surface area contributed by atoms with Gasteiger partial charge in [0.1, 0.15) is 0 Å². The zero-order valence-corrected chi connectivity index (χ0v) is 14.4. The summed E-state index contributed by atoms with van der Waals surface area (Å²) in [4.78, 5) is 26.8. The summed E-state index contributed by atoms with van der Waals surface area (Å²) in [5, 5.41) is 4.84. The molecule has 0 radical (unpaired) electrons. The largest absolute Gasteiger partial charge is 0.355 e. The van der Waals surface area contributed by atoms with Gasteiger partial charge in [-0.25, -0.2) is 0 Å². The second-order valence-corrected chi connectivity index (χ2v) is 6.54. The highest BCUT2D eigenvalue weighted by molar-refractivity contribution is 7.10. The van der Waals surface area contributed by atoms with Crippen LogP contribution in [-0.4, -0.2) is 30.3 Å². The normalized spacial score (nSPS) is 10.3. The van der Waals surface area contributed by atoms with Crippen molar-refractivity contribution in [3.05, 3.63) is 57.8 Å². The van der Waals surface area contributed by atoms with Crippen LogP contribution < -0.4 is 5.32 Å².